The van der Waals surface area contributed by atoms with E-state index in [0.717, 1.165) is 4.42 Å². The molecule has 0 radical (unpaired) electrons. The number of nitrogens with one attached hydrogen (secondary N) is 1. The van der Waals surface area contributed by atoms with Crippen molar-refractivity contribution in [2.45, 2.75) is 0 Å². The predicted molar refractivity (Wildman–Crippen MR) is 38.7 cm³/mol. The highest BCUT2D eigenvalue weighted by Gasteiger charge is 2.10. The van der Waals surface area contributed by atoms with Gasteiger partial charge in [-0.05, 0) is 0 Å². The zero-order valence-electron chi connectivity index (χ0n) is 4.24. The summed E-state index contributed by atoms with van der Waals surface area (Å²) in [6.45, 7) is 0. The van der Waals surface area contributed by atoms with Gasteiger partial charge in [0.25, 0.3) is 0 Å². The Balaban J connectivity index is 2.74. The minimum absolute atomic E-state index is 0.351. The molecule has 1 heterocycles. The Morgan fingerprint density at radius 2 is 1.67 bits per heavy atom. The van der Waals surface area contributed by atoms with Crippen LogP contribution in [-0.2, 0) is 0 Å². The first-order valence-electron chi connectivity index (χ1n) is 2.15. The highest BCUT2D eigenvalue weighted by atomic mass is 35.5. The lowest BCUT2D eigenvalue weighted by atomic mass is 10.7. The molecule has 50 valence electrons. The van der Waals surface area contributed by atoms with Crippen molar-refractivity contribution in [1.29, 1.82) is 0 Å². The molecule has 0 bridgehead atoms. The monoisotopic (exact) mass is 184 g/mol. The van der Waals surface area contributed by atoms with Crippen LogP contribution in [0.1, 0.15) is 0 Å². The van der Waals surface area contributed by atoms with Crippen LogP contribution in [0.5, 0.6) is 0 Å². The molecule has 0 aliphatic carbocycles. The zero-order valence-corrected chi connectivity index (χ0v) is 6.50. The van der Waals surface area contributed by atoms with Crippen molar-refractivity contribution in [3.63, 3.8) is 0 Å². The predicted octanol–water partition coefficient (Wildman–Crippen LogP) is 2.12. The second-order valence-electron chi connectivity index (χ2n) is 1.38. The SMILES string of the molecule is ClC1=CNC=C(Cl)N1Cl. The van der Waals surface area contributed by atoms with Crippen LogP contribution in [0.25, 0.3) is 0 Å². The summed E-state index contributed by atoms with van der Waals surface area (Å²) >= 11 is 16.6. The maximum absolute atomic E-state index is 5.53. The van der Waals surface area contributed by atoms with Crippen LogP contribution in [0.4, 0.5) is 0 Å². The zero-order chi connectivity index (χ0) is 6.85. The van der Waals surface area contributed by atoms with Gasteiger partial charge in [-0.3, -0.25) is 0 Å². The Kier molecular flexibility index (Phi) is 2.11. The summed E-state index contributed by atoms with van der Waals surface area (Å²) in [6.07, 6.45) is 3.06. The molecular weight excluding hydrogens is 182 g/mol. The van der Waals surface area contributed by atoms with Gasteiger partial charge in [-0.15, -0.1) is 0 Å². The molecule has 0 saturated heterocycles. The fourth-order valence-corrected chi connectivity index (χ4v) is 0.844. The van der Waals surface area contributed by atoms with E-state index in [0.29, 0.717) is 10.3 Å². The molecule has 1 N–H and O–H groups in total. The molecule has 9 heavy (non-hydrogen) atoms. The smallest absolute Gasteiger partial charge is 0.141 e. The van der Waals surface area contributed by atoms with E-state index in [1.54, 1.807) is 0 Å². The number of hydrogen-bond acceptors (Lipinski definition) is 2. The second kappa shape index (κ2) is 2.69. The molecule has 1 aliphatic rings. The second-order valence-corrected chi connectivity index (χ2v) is 2.49. The quantitative estimate of drug-likeness (QED) is 0.459. The summed E-state index contributed by atoms with van der Waals surface area (Å²) in [5.41, 5.74) is 0. The maximum Gasteiger partial charge on any atom is 0.141 e. The molecule has 0 aromatic rings. The summed E-state index contributed by atoms with van der Waals surface area (Å²) < 4.78 is 1.14. The topological polar surface area (TPSA) is 15.3 Å². The minimum Gasteiger partial charge on any atom is -0.363 e. The largest absolute Gasteiger partial charge is 0.363 e. The molecule has 2 nitrogen and oxygen atoms in total. The number of rotatable bonds is 0. The average molecular weight is 185 g/mol. The Morgan fingerprint density at radius 3 is 2.00 bits per heavy atom. The fourth-order valence-electron chi connectivity index (χ4n) is 0.395. The van der Waals surface area contributed by atoms with E-state index >= 15 is 0 Å². The molecule has 0 amide bonds. The standard InChI is InChI=1S/C4H3Cl3N2/c5-3-1-8-2-4(6)9(3)7/h1-2,8H. The van der Waals surface area contributed by atoms with E-state index in [9.17, 15) is 0 Å². The van der Waals surface area contributed by atoms with Gasteiger partial charge in [0.1, 0.15) is 10.3 Å². The molecule has 1 rings (SSSR count). The summed E-state index contributed by atoms with van der Waals surface area (Å²) in [5, 5.41) is 3.40. The first-order valence-corrected chi connectivity index (χ1v) is 3.24. The third-order valence-corrected chi connectivity index (χ3v) is 1.87. The Hall–Kier alpha value is -0.0500. The van der Waals surface area contributed by atoms with E-state index in [1.807, 2.05) is 0 Å². The van der Waals surface area contributed by atoms with Gasteiger partial charge in [0.2, 0.25) is 0 Å². The molecule has 0 aromatic carbocycles. The van der Waals surface area contributed by atoms with E-state index in [1.165, 1.54) is 12.4 Å². The number of hydrogen-bond donors (Lipinski definition) is 1. The number of nitrogens with zero attached hydrogens (tertiary/aromatic N) is 1. The van der Waals surface area contributed by atoms with Gasteiger partial charge < -0.3 is 5.32 Å². The summed E-state index contributed by atoms with van der Waals surface area (Å²) in [4.78, 5) is 0. The summed E-state index contributed by atoms with van der Waals surface area (Å²) in [5.74, 6) is 0. The number of halogens is 3. The molecule has 0 spiro atoms. The van der Waals surface area contributed by atoms with E-state index in [4.69, 9.17) is 35.0 Å². The van der Waals surface area contributed by atoms with Gasteiger partial charge in [-0.1, -0.05) is 23.2 Å². The molecule has 0 aromatic heterocycles. The molecule has 1 aliphatic heterocycles. The minimum atomic E-state index is 0.351. The molecule has 0 unspecified atom stereocenters. The van der Waals surface area contributed by atoms with Gasteiger partial charge in [0, 0.05) is 24.2 Å². The first kappa shape index (κ1) is 7.06. The summed E-state index contributed by atoms with van der Waals surface area (Å²) in [6, 6.07) is 0. The molecule has 0 atom stereocenters. The van der Waals surface area contributed by atoms with E-state index in [2.05, 4.69) is 5.32 Å². The van der Waals surface area contributed by atoms with Crippen LogP contribution in [0, 0.1) is 0 Å². The van der Waals surface area contributed by atoms with Crippen LogP contribution in [0.2, 0.25) is 0 Å². The van der Waals surface area contributed by atoms with Gasteiger partial charge in [-0.2, -0.15) is 0 Å². The third-order valence-electron chi connectivity index (χ3n) is 0.780. The normalized spacial score (nSPS) is 18.3. The average Bonchev–Trinajstić information content (AvgIpc) is 1.83. The molecular formula is C4H3Cl3N2. The van der Waals surface area contributed by atoms with Crippen molar-refractivity contribution >= 4 is 35.0 Å². The molecule has 5 heteroatoms. The van der Waals surface area contributed by atoms with Gasteiger partial charge >= 0.3 is 0 Å². The van der Waals surface area contributed by atoms with Crippen molar-refractivity contribution in [3.8, 4) is 0 Å². The molecule has 0 saturated carbocycles. The molecule has 0 fully saturated rings. The van der Waals surface area contributed by atoms with Crippen molar-refractivity contribution in [2.24, 2.45) is 0 Å². The van der Waals surface area contributed by atoms with Crippen LogP contribution >= 0.6 is 35.0 Å². The summed E-state index contributed by atoms with van der Waals surface area (Å²) in [7, 11) is 0. The lowest BCUT2D eigenvalue weighted by Crippen LogP contribution is -2.13. The highest BCUT2D eigenvalue weighted by Crippen LogP contribution is 2.23. The van der Waals surface area contributed by atoms with Crippen molar-refractivity contribution < 1.29 is 0 Å². The lowest BCUT2D eigenvalue weighted by molar-refractivity contribution is 0.741. The highest BCUT2D eigenvalue weighted by molar-refractivity contribution is 6.38. The maximum atomic E-state index is 5.53. The first-order chi connectivity index (χ1) is 4.22. The van der Waals surface area contributed by atoms with Gasteiger partial charge in [-0.25, -0.2) is 4.42 Å². The Bertz CT molecular complexity index is 157. The van der Waals surface area contributed by atoms with Crippen molar-refractivity contribution in [1.82, 2.24) is 9.74 Å². The van der Waals surface area contributed by atoms with Crippen molar-refractivity contribution in [3.05, 3.63) is 22.7 Å². The van der Waals surface area contributed by atoms with Crippen LogP contribution in [0.15, 0.2) is 22.7 Å². The van der Waals surface area contributed by atoms with Crippen LogP contribution in [-0.4, -0.2) is 4.42 Å². The van der Waals surface area contributed by atoms with E-state index < -0.39 is 0 Å². The van der Waals surface area contributed by atoms with Gasteiger partial charge in [0.15, 0.2) is 0 Å². The third kappa shape index (κ3) is 1.45. The van der Waals surface area contributed by atoms with Crippen LogP contribution < -0.4 is 5.32 Å². The fraction of sp³-hybridized carbons (Fsp3) is 0. The lowest BCUT2D eigenvalue weighted by Gasteiger charge is -2.16. The van der Waals surface area contributed by atoms with Crippen LogP contribution in [0.3, 0.4) is 0 Å². The van der Waals surface area contributed by atoms with Crippen molar-refractivity contribution in [2.75, 3.05) is 0 Å². The Morgan fingerprint density at radius 1 is 1.22 bits per heavy atom. The van der Waals surface area contributed by atoms with Gasteiger partial charge in [0.05, 0.1) is 0 Å². The Labute approximate surface area is 67.8 Å². The van der Waals surface area contributed by atoms with E-state index in [-0.39, 0.29) is 0 Å².